The second-order valence-corrected chi connectivity index (χ2v) is 4.18. The fourth-order valence-electron chi connectivity index (χ4n) is 1.48. The largest absolute Gasteiger partial charge is 0.390 e. The molecule has 2 N–H and O–H groups in total. The van der Waals surface area contributed by atoms with E-state index in [4.69, 9.17) is 5.73 Å². The molecule has 0 fully saturated rings. The smallest absolute Gasteiger partial charge is 0.323 e. The summed E-state index contributed by atoms with van der Waals surface area (Å²) in [6.07, 6.45) is -1.54. The van der Waals surface area contributed by atoms with Crippen molar-refractivity contribution in [3.63, 3.8) is 0 Å². The Morgan fingerprint density at radius 2 is 2.18 bits per heavy atom. The molecule has 1 aromatic heterocycles. The Morgan fingerprint density at radius 3 is 2.65 bits per heavy atom. The van der Waals surface area contributed by atoms with Gasteiger partial charge in [-0.25, -0.2) is 0 Å². The Bertz CT molecular complexity index is 348. The summed E-state index contributed by atoms with van der Waals surface area (Å²) in [7, 11) is 3.39. The van der Waals surface area contributed by atoms with E-state index in [0.717, 1.165) is 5.56 Å². The van der Waals surface area contributed by atoms with Gasteiger partial charge in [-0.05, 0) is 7.05 Å². The minimum Gasteiger partial charge on any atom is -0.323 e. The highest BCUT2D eigenvalue weighted by Gasteiger charge is 2.27. The van der Waals surface area contributed by atoms with Crippen molar-refractivity contribution in [1.29, 1.82) is 0 Å². The first-order valence-electron chi connectivity index (χ1n) is 5.27. The van der Waals surface area contributed by atoms with Crippen molar-refractivity contribution in [1.82, 2.24) is 14.7 Å². The SMILES string of the molecule is CN(CCC(F)(F)F)CC(N)c1cnn(C)c1. The second kappa shape index (κ2) is 5.50. The van der Waals surface area contributed by atoms with Gasteiger partial charge in [0.1, 0.15) is 0 Å². The van der Waals surface area contributed by atoms with E-state index in [1.54, 1.807) is 36.1 Å². The van der Waals surface area contributed by atoms with E-state index >= 15 is 0 Å². The Hall–Kier alpha value is -1.08. The predicted octanol–water partition coefficient (Wildman–Crippen LogP) is 1.30. The van der Waals surface area contributed by atoms with Crippen molar-refractivity contribution >= 4 is 0 Å². The van der Waals surface area contributed by atoms with Gasteiger partial charge in [0.15, 0.2) is 0 Å². The van der Waals surface area contributed by atoms with Gasteiger partial charge >= 0.3 is 6.18 Å². The molecule has 7 heteroatoms. The minimum absolute atomic E-state index is 0.0442. The number of hydrogen-bond acceptors (Lipinski definition) is 3. The first kappa shape index (κ1) is 14.0. The molecule has 0 spiro atoms. The molecule has 0 saturated heterocycles. The molecule has 4 nitrogen and oxygen atoms in total. The van der Waals surface area contributed by atoms with Crippen molar-refractivity contribution < 1.29 is 13.2 Å². The van der Waals surface area contributed by atoms with E-state index in [0.29, 0.717) is 6.54 Å². The lowest BCUT2D eigenvalue weighted by molar-refractivity contribution is -0.137. The van der Waals surface area contributed by atoms with Gasteiger partial charge in [0.05, 0.1) is 12.6 Å². The number of nitrogens with zero attached hydrogens (tertiary/aromatic N) is 3. The lowest BCUT2D eigenvalue weighted by atomic mass is 10.1. The van der Waals surface area contributed by atoms with Crippen molar-refractivity contribution in [2.75, 3.05) is 20.1 Å². The number of aromatic nitrogens is 2. The van der Waals surface area contributed by atoms with E-state index in [1.807, 2.05) is 0 Å². The third kappa shape index (κ3) is 5.18. The lowest BCUT2D eigenvalue weighted by Gasteiger charge is -2.21. The Labute approximate surface area is 98.2 Å². The zero-order valence-corrected chi connectivity index (χ0v) is 9.91. The highest BCUT2D eigenvalue weighted by molar-refractivity contribution is 5.09. The maximum atomic E-state index is 12.0. The number of aryl methyl sites for hydroxylation is 1. The van der Waals surface area contributed by atoms with Crippen LogP contribution in [-0.2, 0) is 7.05 Å². The molecule has 17 heavy (non-hydrogen) atoms. The first-order valence-corrected chi connectivity index (χ1v) is 5.27. The summed E-state index contributed by atoms with van der Waals surface area (Å²) in [5.74, 6) is 0. The zero-order valence-electron chi connectivity index (χ0n) is 9.91. The zero-order chi connectivity index (χ0) is 13.1. The third-order valence-corrected chi connectivity index (χ3v) is 2.44. The van der Waals surface area contributed by atoms with Crippen LogP contribution in [0.2, 0.25) is 0 Å². The molecule has 0 radical (unpaired) electrons. The number of hydrogen-bond donors (Lipinski definition) is 1. The van der Waals surface area contributed by atoms with Crippen LogP contribution in [0, 0.1) is 0 Å². The average Bonchev–Trinajstić information content (AvgIpc) is 2.61. The quantitative estimate of drug-likeness (QED) is 0.857. The Balaban J connectivity index is 2.38. The van der Waals surface area contributed by atoms with Crippen molar-refractivity contribution in [2.24, 2.45) is 12.8 Å². The van der Waals surface area contributed by atoms with E-state index < -0.39 is 12.6 Å². The fourth-order valence-corrected chi connectivity index (χ4v) is 1.48. The molecule has 0 aliphatic carbocycles. The third-order valence-electron chi connectivity index (χ3n) is 2.44. The van der Waals surface area contributed by atoms with Gasteiger partial charge in [0.2, 0.25) is 0 Å². The van der Waals surface area contributed by atoms with E-state index in [9.17, 15) is 13.2 Å². The van der Waals surface area contributed by atoms with Gasteiger partial charge in [-0.2, -0.15) is 18.3 Å². The normalized spacial score (nSPS) is 14.3. The van der Waals surface area contributed by atoms with Crippen LogP contribution in [0.5, 0.6) is 0 Å². The minimum atomic E-state index is -4.12. The van der Waals surface area contributed by atoms with Gasteiger partial charge in [0, 0.05) is 37.9 Å². The molecule has 1 aromatic rings. The topological polar surface area (TPSA) is 47.1 Å². The summed E-state index contributed by atoms with van der Waals surface area (Å²) in [4.78, 5) is 1.57. The Kier molecular flexibility index (Phi) is 4.53. The van der Waals surface area contributed by atoms with Crippen LogP contribution in [0.25, 0.3) is 0 Å². The molecular formula is C10H17F3N4. The van der Waals surface area contributed by atoms with Gasteiger partial charge in [0.25, 0.3) is 0 Å². The molecular weight excluding hydrogens is 233 g/mol. The summed E-state index contributed by atoms with van der Waals surface area (Å²) >= 11 is 0. The van der Waals surface area contributed by atoms with E-state index in [-0.39, 0.29) is 12.6 Å². The molecule has 98 valence electrons. The molecule has 0 aliphatic rings. The first-order chi connectivity index (χ1) is 7.78. The van der Waals surface area contributed by atoms with E-state index in [2.05, 4.69) is 5.10 Å². The molecule has 0 aliphatic heterocycles. The monoisotopic (exact) mass is 250 g/mol. The van der Waals surface area contributed by atoms with Gasteiger partial charge in [-0.1, -0.05) is 0 Å². The van der Waals surface area contributed by atoms with Crippen molar-refractivity contribution in [3.8, 4) is 0 Å². The summed E-state index contributed by atoms with van der Waals surface area (Å²) in [6, 6.07) is -0.318. The van der Waals surface area contributed by atoms with Crippen LogP contribution in [0.1, 0.15) is 18.0 Å². The van der Waals surface area contributed by atoms with Crippen LogP contribution >= 0.6 is 0 Å². The van der Waals surface area contributed by atoms with E-state index in [1.165, 1.54) is 0 Å². The molecule has 1 rings (SSSR count). The number of nitrogens with two attached hydrogens (primary N) is 1. The molecule has 0 aromatic carbocycles. The maximum Gasteiger partial charge on any atom is 0.390 e. The number of rotatable bonds is 5. The van der Waals surface area contributed by atoms with Crippen LogP contribution in [0.3, 0.4) is 0 Å². The summed E-state index contributed by atoms with van der Waals surface area (Å²) in [5, 5.41) is 3.97. The van der Waals surface area contributed by atoms with Crippen LogP contribution < -0.4 is 5.73 Å². The number of halogens is 3. The molecule has 0 saturated carbocycles. The van der Waals surface area contributed by atoms with Gasteiger partial charge in [-0.3, -0.25) is 4.68 Å². The van der Waals surface area contributed by atoms with Crippen LogP contribution in [-0.4, -0.2) is 41.0 Å². The standard InChI is InChI=1S/C10H17F3N4/c1-16(4-3-10(11,12)13)7-9(14)8-5-15-17(2)6-8/h5-6,9H,3-4,7,14H2,1-2H3. The molecule has 0 amide bonds. The average molecular weight is 250 g/mol. The molecule has 1 heterocycles. The fraction of sp³-hybridized carbons (Fsp3) is 0.700. The molecule has 0 bridgehead atoms. The second-order valence-electron chi connectivity index (χ2n) is 4.18. The highest BCUT2D eigenvalue weighted by Crippen LogP contribution is 2.20. The Morgan fingerprint density at radius 1 is 1.53 bits per heavy atom. The number of likely N-dealkylation sites (N-methyl/N-ethyl adjacent to an activating group) is 1. The van der Waals surface area contributed by atoms with Gasteiger partial charge < -0.3 is 10.6 Å². The summed E-state index contributed by atoms with van der Waals surface area (Å²) < 4.78 is 37.6. The molecule has 1 atom stereocenters. The van der Waals surface area contributed by atoms with Crippen molar-refractivity contribution in [2.45, 2.75) is 18.6 Å². The van der Waals surface area contributed by atoms with Crippen molar-refractivity contribution in [3.05, 3.63) is 18.0 Å². The molecule has 1 unspecified atom stereocenters. The summed E-state index contributed by atoms with van der Waals surface area (Å²) in [6.45, 7) is 0.333. The maximum absolute atomic E-state index is 12.0. The van der Waals surface area contributed by atoms with Gasteiger partial charge in [-0.15, -0.1) is 0 Å². The lowest BCUT2D eigenvalue weighted by Crippen LogP contribution is -2.31. The predicted molar refractivity (Wildman–Crippen MR) is 58.3 cm³/mol. The van der Waals surface area contributed by atoms with Crippen LogP contribution in [0.15, 0.2) is 12.4 Å². The highest BCUT2D eigenvalue weighted by atomic mass is 19.4. The number of alkyl halides is 3. The van der Waals surface area contributed by atoms with Crippen LogP contribution in [0.4, 0.5) is 13.2 Å². The summed E-state index contributed by atoms with van der Waals surface area (Å²) in [5.41, 5.74) is 6.70.